The van der Waals surface area contributed by atoms with Crippen molar-refractivity contribution in [2.24, 2.45) is 5.92 Å². The summed E-state index contributed by atoms with van der Waals surface area (Å²) >= 11 is 0. The topological polar surface area (TPSA) is 38.7 Å². The maximum atomic E-state index is 9.28. The van der Waals surface area contributed by atoms with Gasteiger partial charge in [-0.05, 0) is 36.5 Å². The lowest BCUT2D eigenvalue weighted by Crippen LogP contribution is -2.10. The summed E-state index contributed by atoms with van der Waals surface area (Å²) < 4.78 is 10.6. The number of rotatable bonds is 6. The zero-order valence-corrected chi connectivity index (χ0v) is 11.1. The summed E-state index contributed by atoms with van der Waals surface area (Å²) in [6, 6.07) is 3.90. The molecule has 0 aliphatic heterocycles. The summed E-state index contributed by atoms with van der Waals surface area (Å²) in [6.45, 7) is 4.35. The second-order valence-electron chi connectivity index (χ2n) is 4.29. The van der Waals surface area contributed by atoms with Gasteiger partial charge in [-0.1, -0.05) is 13.3 Å². The van der Waals surface area contributed by atoms with Crippen LogP contribution in [0.4, 0.5) is 0 Å². The average molecular weight is 238 g/mol. The first kappa shape index (κ1) is 13.8. The largest absolute Gasteiger partial charge is 0.497 e. The van der Waals surface area contributed by atoms with E-state index in [0.717, 1.165) is 35.5 Å². The summed E-state index contributed by atoms with van der Waals surface area (Å²) in [7, 11) is 3.31. The fourth-order valence-corrected chi connectivity index (χ4v) is 1.94. The molecule has 0 aliphatic rings. The highest BCUT2D eigenvalue weighted by atomic mass is 16.5. The van der Waals surface area contributed by atoms with E-state index >= 15 is 0 Å². The lowest BCUT2D eigenvalue weighted by atomic mass is 9.94. The molecule has 1 aromatic rings. The first-order valence-corrected chi connectivity index (χ1v) is 5.98. The predicted octanol–water partition coefficient (Wildman–Crippen LogP) is 2.57. The van der Waals surface area contributed by atoms with Gasteiger partial charge >= 0.3 is 0 Å². The van der Waals surface area contributed by atoms with Gasteiger partial charge in [0.05, 0.1) is 14.2 Å². The lowest BCUT2D eigenvalue weighted by Gasteiger charge is -2.17. The van der Waals surface area contributed by atoms with Crippen LogP contribution in [-0.4, -0.2) is 25.9 Å². The lowest BCUT2D eigenvalue weighted by molar-refractivity contribution is 0.221. The molecule has 0 saturated carbocycles. The first-order chi connectivity index (χ1) is 8.15. The SMILES string of the molecule is CCC(CO)Cc1c(C)cc(OC)cc1OC. The van der Waals surface area contributed by atoms with Gasteiger partial charge in [0, 0.05) is 12.7 Å². The number of benzene rings is 1. The van der Waals surface area contributed by atoms with Crippen LogP contribution in [0, 0.1) is 12.8 Å². The molecular formula is C14H22O3. The van der Waals surface area contributed by atoms with Crippen molar-refractivity contribution >= 4 is 0 Å². The maximum absolute atomic E-state index is 9.28. The summed E-state index contributed by atoms with van der Waals surface area (Å²) in [5.41, 5.74) is 2.31. The average Bonchev–Trinajstić information content (AvgIpc) is 2.36. The monoisotopic (exact) mass is 238 g/mol. The highest BCUT2D eigenvalue weighted by Crippen LogP contribution is 2.30. The molecule has 0 spiro atoms. The Labute approximate surface area is 103 Å². The number of aryl methyl sites for hydroxylation is 1. The van der Waals surface area contributed by atoms with Crippen molar-refractivity contribution in [1.29, 1.82) is 0 Å². The molecule has 0 amide bonds. The Morgan fingerprint density at radius 2 is 1.94 bits per heavy atom. The molecule has 0 radical (unpaired) electrons. The van der Waals surface area contributed by atoms with Crippen LogP contribution in [0.2, 0.25) is 0 Å². The van der Waals surface area contributed by atoms with Crippen molar-refractivity contribution < 1.29 is 14.6 Å². The molecule has 0 aromatic heterocycles. The Bertz CT molecular complexity index is 357. The Hall–Kier alpha value is -1.22. The Morgan fingerprint density at radius 3 is 2.41 bits per heavy atom. The summed E-state index contributed by atoms with van der Waals surface area (Å²) in [5, 5.41) is 9.28. The van der Waals surface area contributed by atoms with Crippen molar-refractivity contribution in [3.63, 3.8) is 0 Å². The summed E-state index contributed by atoms with van der Waals surface area (Å²) in [5.74, 6) is 1.94. The van der Waals surface area contributed by atoms with E-state index in [9.17, 15) is 5.11 Å². The van der Waals surface area contributed by atoms with Gasteiger partial charge in [-0.2, -0.15) is 0 Å². The number of aliphatic hydroxyl groups excluding tert-OH is 1. The van der Waals surface area contributed by atoms with Crippen molar-refractivity contribution in [1.82, 2.24) is 0 Å². The van der Waals surface area contributed by atoms with Crippen LogP contribution in [0.25, 0.3) is 0 Å². The fraction of sp³-hybridized carbons (Fsp3) is 0.571. The van der Waals surface area contributed by atoms with Crippen molar-refractivity contribution in [3.8, 4) is 11.5 Å². The summed E-state index contributed by atoms with van der Waals surface area (Å²) in [6.07, 6.45) is 1.80. The predicted molar refractivity (Wildman–Crippen MR) is 68.9 cm³/mol. The minimum absolute atomic E-state index is 0.213. The van der Waals surface area contributed by atoms with Crippen LogP contribution in [0.5, 0.6) is 11.5 Å². The normalized spacial score (nSPS) is 12.3. The number of hydrogen-bond donors (Lipinski definition) is 1. The second-order valence-corrected chi connectivity index (χ2v) is 4.29. The van der Waals surface area contributed by atoms with Crippen molar-refractivity contribution in [3.05, 3.63) is 23.3 Å². The van der Waals surface area contributed by atoms with E-state index in [0.29, 0.717) is 0 Å². The standard InChI is InChI=1S/C14H22O3/c1-5-11(9-15)7-13-10(2)6-12(16-3)8-14(13)17-4/h6,8,11,15H,5,7,9H2,1-4H3. The van der Waals surface area contributed by atoms with E-state index in [1.807, 2.05) is 19.1 Å². The van der Waals surface area contributed by atoms with E-state index in [4.69, 9.17) is 9.47 Å². The highest BCUT2D eigenvalue weighted by Gasteiger charge is 2.14. The van der Waals surface area contributed by atoms with Crippen LogP contribution >= 0.6 is 0 Å². The van der Waals surface area contributed by atoms with Gasteiger partial charge in [0.1, 0.15) is 11.5 Å². The molecule has 17 heavy (non-hydrogen) atoms. The third kappa shape index (κ3) is 3.37. The number of methoxy groups -OCH3 is 2. The van der Waals surface area contributed by atoms with E-state index < -0.39 is 0 Å². The van der Waals surface area contributed by atoms with Crippen LogP contribution in [-0.2, 0) is 6.42 Å². The van der Waals surface area contributed by atoms with E-state index in [1.165, 1.54) is 0 Å². The molecule has 1 aromatic carbocycles. The molecule has 0 heterocycles. The van der Waals surface area contributed by atoms with Crippen molar-refractivity contribution in [2.75, 3.05) is 20.8 Å². The van der Waals surface area contributed by atoms with Crippen molar-refractivity contribution in [2.45, 2.75) is 26.7 Å². The fourth-order valence-electron chi connectivity index (χ4n) is 1.94. The van der Waals surface area contributed by atoms with Crippen LogP contribution in [0.1, 0.15) is 24.5 Å². The van der Waals surface area contributed by atoms with Gasteiger partial charge in [-0.15, -0.1) is 0 Å². The van der Waals surface area contributed by atoms with E-state index in [-0.39, 0.29) is 12.5 Å². The quantitative estimate of drug-likeness (QED) is 0.828. The number of aliphatic hydroxyl groups is 1. The third-order valence-corrected chi connectivity index (χ3v) is 3.19. The van der Waals surface area contributed by atoms with Gasteiger partial charge in [0.2, 0.25) is 0 Å². The van der Waals surface area contributed by atoms with Crippen LogP contribution in [0.15, 0.2) is 12.1 Å². The smallest absolute Gasteiger partial charge is 0.126 e. The minimum atomic E-state index is 0.213. The number of hydrogen-bond acceptors (Lipinski definition) is 3. The number of ether oxygens (including phenoxy) is 2. The first-order valence-electron chi connectivity index (χ1n) is 5.98. The second kappa shape index (κ2) is 6.50. The Balaban J connectivity index is 3.04. The minimum Gasteiger partial charge on any atom is -0.497 e. The summed E-state index contributed by atoms with van der Waals surface area (Å²) in [4.78, 5) is 0. The zero-order valence-electron chi connectivity index (χ0n) is 11.1. The molecule has 96 valence electrons. The molecular weight excluding hydrogens is 216 g/mol. The van der Waals surface area contributed by atoms with Gasteiger partial charge in [0.15, 0.2) is 0 Å². The molecule has 0 bridgehead atoms. The molecule has 1 rings (SSSR count). The van der Waals surface area contributed by atoms with Gasteiger partial charge < -0.3 is 14.6 Å². The highest BCUT2D eigenvalue weighted by molar-refractivity contribution is 5.46. The molecule has 0 aliphatic carbocycles. The van der Waals surface area contributed by atoms with Crippen LogP contribution < -0.4 is 9.47 Å². The van der Waals surface area contributed by atoms with E-state index in [1.54, 1.807) is 14.2 Å². The van der Waals surface area contributed by atoms with Gasteiger partial charge in [-0.3, -0.25) is 0 Å². The molecule has 3 heteroatoms. The molecule has 0 fully saturated rings. The van der Waals surface area contributed by atoms with Gasteiger partial charge in [0.25, 0.3) is 0 Å². The molecule has 0 saturated heterocycles. The molecule has 1 N–H and O–H groups in total. The molecule has 1 unspecified atom stereocenters. The van der Waals surface area contributed by atoms with Gasteiger partial charge in [-0.25, -0.2) is 0 Å². The van der Waals surface area contributed by atoms with E-state index in [2.05, 4.69) is 6.92 Å². The molecule has 1 atom stereocenters. The Morgan fingerprint density at radius 1 is 1.24 bits per heavy atom. The molecule has 3 nitrogen and oxygen atoms in total. The third-order valence-electron chi connectivity index (χ3n) is 3.19. The zero-order chi connectivity index (χ0) is 12.8. The maximum Gasteiger partial charge on any atom is 0.126 e. The Kier molecular flexibility index (Phi) is 5.29. The van der Waals surface area contributed by atoms with Crippen LogP contribution in [0.3, 0.4) is 0 Å².